The van der Waals surface area contributed by atoms with Gasteiger partial charge in [0, 0.05) is 0 Å². The second-order valence-corrected chi connectivity index (χ2v) is 5.31. The number of alkyl carbamates (subject to hydrolysis) is 1. The van der Waals surface area contributed by atoms with Crippen LogP contribution in [0.2, 0.25) is 0 Å². The highest BCUT2D eigenvalue weighted by molar-refractivity contribution is 5.85. The maximum absolute atomic E-state index is 11.6. The standard InChI is InChI=1S/C11H19NO5/c1-10(2,3)17-9(16)12-11(8(14)15)6-4-5-7(11)13/h7,13H,4-6H2,1-3H3,(H,12,16)(H,14,15). The summed E-state index contributed by atoms with van der Waals surface area (Å²) in [6.45, 7) is 5.06. The van der Waals surface area contributed by atoms with Gasteiger partial charge in [-0.1, -0.05) is 0 Å². The van der Waals surface area contributed by atoms with E-state index in [0.29, 0.717) is 12.8 Å². The first-order valence-corrected chi connectivity index (χ1v) is 5.60. The lowest BCUT2D eigenvalue weighted by molar-refractivity contribution is -0.148. The first-order valence-electron chi connectivity index (χ1n) is 5.60. The van der Waals surface area contributed by atoms with E-state index in [1.165, 1.54) is 0 Å². The van der Waals surface area contributed by atoms with Crippen molar-refractivity contribution in [2.45, 2.75) is 57.3 Å². The van der Waals surface area contributed by atoms with Gasteiger partial charge in [-0.15, -0.1) is 0 Å². The summed E-state index contributed by atoms with van der Waals surface area (Å²) in [4.78, 5) is 22.8. The van der Waals surface area contributed by atoms with Crippen molar-refractivity contribution in [3.63, 3.8) is 0 Å². The average molecular weight is 245 g/mol. The summed E-state index contributed by atoms with van der Waals surface area (Å²) in [5, 5.41) is 21.1. The monoisotopic (exact) mass is 245 g/mol. The quantitative estimate of drug-likeness (QED) is 0.671. The third kappa shape index (κ3) is 3.09. The van der Waals surface area contributed by atoms with Crippen LogP contribution in [-0.2, 0) is 9.53 Å². The molecule has 17 heavy (non-hydrogen) atoms. The molecule has 0 aromatic rings. The molecule has 0 aromatic heterocycles. The molecule has 2 atom stereocenters. The van der Waals surface area contributed by atoms with Crippen LogP contribution in [0.5, 0.6) is 0 Å². The molecule has 1 amide bonds. The summed E-state index contributed by atoms with van der Waals surface area (Å²) in [6.07, 6.45) is -0.762. The molecule has 6 heteroatoms. The van der Waals surface area contributed by atoms with Crippen LogP contribution >= 0.6 is 0 Å². The SMILES string of the molecule is CC(C)(C)OC(=O)NC1(C(=O)O)CCCC1O. The Bertz CT molecular complexity index is 322. The van der Waals surface area contributed by atoms with E-state index in [1.807, 2.05) is 0 Å². The van der Waals surface area contributed by atoms with Gasteiger partial charge in [-0.3, -0.25) is 0 Å². The first kappa shape index (κ1) is 13.8. The molecule has 1 aliphatic rings. The van der Waals surface area contributed by atoms with Crippen molar-refractivity contribution in [2.75, 3.05) is 0 Å². The fourth-order valence-electron chi connectivity index (χ4n) is 1.92. The Morgan fingerprint density at radius 3 is 2.35 bits per heavy atom. The molecule has 0 saturated heterocycles. The number of carboxylic acids is 1. The van der Waals surface area contributed by atoms with E-state index in [2.05, 4.69) is 5.32 Å². The average Bonchev–Trinajstić information content (AvgIpc) is 2.45. The first-order chi connectivity index (χ1) is 7.67. The van der Waals surface area contributed by atoms with Gasteiger partial charge in [-0.05, 0) is 40.0 Å². The van der Waals surface area contributed by atoms with Crippen LogP contribution in [0.25, 0.3) is 0 Å². The Labute approximate surface area is 100.0 Å². The second-order valence-electron chi connectivity index (χ2n) is 5.31. The van der Waals surface area contributed by atoms with Gasteiger partial charge < -0.3 is 20.3 Å². The molecule has 0 bridgehead atoms. The number of hydrogen-bond acceptors (Lipinski definition) is 4. The number of rotatable bonds is 2. The number of ether oxygens (including phenoxy) is 1. The van der Waals surface area contributed by atoms with E-state index >= 15 is 0 Å². The lowest BCUT2D eigenvalue weighted by Crippen LogP contribution is -2.60. The van der Waals surface area contributed by atoms with Crippen molar-refractivity contribution in [1.29, 1.82) is 0 Å². The Balaban J connectivity index is 2.75. The van der Waals surface area contributed by atoms with Crippen LogP contribution in [0.4, 0.5) is 4.79 Å². The van der Waals surface area contributed by atoms with Crippen molar-refractivity contribution < 1.29 is 24.5 Å². The maximum Gasteiger partial charge on any atom is 0.408 e. The molecule has 1 aliphatic carbocycles. The van der Waals surface area contributed by atoms with E-state index in [0.717, 1.165) is 0 Å². The number of nitrogens with one attached hydrogen (secondary N) is 1. The smallest absolute Gasteiger partial charge is 0.408 e. The molecule has 6 nitrogen and oxygen atoms in total. The van der Waals surface area contributed by atoms with Crippen LogP contribution in [-0.4, -0.2) is 39.5 Å². The van der Waals surface area contributed by atoms with E-state index in [-0.39, 0.29) is 6.42 Å². The largest absolute Gasteiger partial charge is 0.479 e. The molecule has 1 rings (SSSR count). The highest BCUT2D eigenvalue weighted by Gasteiger charge is 2.50. The summed E-state index contributed by atoms with van der Waals surface area (Å²) in [6, 6.07) is 0. The number of aliphatic hydroxyl groups excluding tert-OH is 1. The molecule has 3 N–H and O–H groups in total. The highest BCUT2D eigenvalue weighted by Crippen LogP contribution is 2.30. The second kappa shape index (κ2) is 4.52. The zero-order valence-corrected chi connectivity index (χ0v) is 10.3. The predicted octanol–water partition coefficient (Wildman–Crippen LogP) is 0.879. The van der Waals surface area contributed by atoms with Crippen molar-refractivity contribution in [3.05, 3.63) is 0 Å². The lowest BCUT2D eigenvalue weighted by Gasteiger charge is -2.30. The van der Waals surface area contributed by atoms with Gasteiger partial charge in [-0.2, -0.15) is 0 Å². The summed E-state index contributed by atoms with van der Waals surface area (Å²) < 4.78 is 5.00. The highest BCUT2D eigenvalue weighted by atomic mass is 16.6. The summed E-state index contributed by atoms with van der Waals surface area (Å²) in [7, 11) is 0. The minimum absolute atomic E-state index is 0.211. The third-order valence-electron chi connectivity index (χ3n) is 2.72. The lowest BCUT2D eigenvalue weighted by atomic mass is 9.95. The van der Waals surface area contributed by atoms with E-state index in [1.54, 1.807) is 20.8 Å². The molecule has 2 unspecified atom stereocenters. The third-order valence-corrected chi connectivity index (χ3v) is 2.72. The van der Waals surface area contributed by atoms with Gasteiger partial charge in [0.25, 0.3) is 0 Å². The van der Waals surface area contributed by atoms with Crippen molar-refractivity contribution >= 4 is 12.1 Å². The molecule has 0 spiro atoms. The number of carboxylic acid groups (broad SMARTS) is 1. The van der Waals surface area contributed by atoms with Crippen LogP contribution in [0.1, 0.15) is 40.0 Å². The number of aliphatic carboxylic acids is 1. The fraction of sp³-hybridized carbons (Fsp3) is 0.818. The van der Waals surface area contributed by atoms with E-state index < -0.39 is 29.3 Å². The van der Waals surface area contributed by atoms with Gasteiger partial charge >= 0.3 is 12.1 Å². The number of hydrogen-bond donors (Lipinski definition) is 3. The van der Waals surface area contributed by atoms with E-state index in [9.17, 15) is 14.7 Å². The molecular formula is C11H19NO5. The fourth-order valence-corrected chi connectivity index (χ4v) is 1.92. The number of aliphatic hydroxyl groups is 1. The molecule has 0 heterocycles. The van der Waals surface area contributed by atoms with Gasteiger partial charge in [-0.25, -0.2) is 9.59 Å². The number of carbonyl (C=O) groups is 2. The zero-order valence-electron chi connectivity index (χ0n) is 10.3. The Hall–Kier alpha value is -1.30. The van der Waals surface area contributed by atoms with Gasteiger partial charge in [0.15, 0.2) is 5.54 Å². The van der Waals surface area contributed by atoms with Crippen LogP contribution in [0.15, 0.2) is 0 Å². The molecule has 0 radical (unpaired) electrons. The predicted molar refractivity (Wildman–Crippen MR) is 59.6 cm³/mol. The molecular weight excluding hydrogens is 226 g/mol. The number of carbonyl (C=O) groups excluding carboxylic acids is 1. The van der Waals surface area contributed by atoms with Gasteiger partial charge in [0.2, 0.25) is 0 Å². The summed E-state index contributed by atoms with van der Waals surface area (Å²) in [5.74, 6) is -1.23. The Morgan fingerprint density at radius 1 is 1.41 bits per heavy atom. The van der Waals surface area contributed by atoms with E-state index in [4.69, 9.17) is 9.84 Å². The maximum atomic E-state index is 11.6. The van der Waals surface area contributed by atoms with Crippen molar-refractivity contribution in [3.8, 4) is 0 Å². The summed E-state index contributed by atoms with van der Waals surface area (Å²) >= 11 is 0. The molecule has 0 aliphatic heterocycles. The number of amides is 1. The molecule has 1 fully saturated rings. The zero-order chi connectivity index (χ0) is 13.3. The van der Waals surface area contributed by atoms with Crippen LogP contribution < -0.4 is 5.32 Å². The Kier molecular flexibility index (Phi) is 3.66. The van der Waals surface area contributed by atoms with Crippen LogP contribution in [0.3, 0.4) is 0 Å². The summed E-state index contributed by atoms with van der Waals surface area (Å²) in [5.41, 5.74) is -2.31. The van der Waals surface area contributed by atoms with Gasteiger partial charge in [0.05, 0.1) is 6.10 Å². The Morgan fingerprint density at radius 2 is 2.00 bits per heavy atom. The normalized spacial score (nSPS) is 28.8. The minimum Gasteiger partial charge on any atom is -0.479 e. The topological polar surface area (TPSA) is 95.9 Å². The molecule has 98 valence electrons. The van der Waals surface area contributed by atoms with Crippen molar-refractivity contribution in [1.82, 2.24) is 5.32 Å². The van der Waals surface area contributed by atoms with Crippen LogP contribution in [0, 0.1) is 0 Å². The van der Waals surface area contributed by atoms with Crippen molar-refractivity contribution in [2.24, 2.45) is 0 Å². The van der Waals surface area contributed by atoms with Gasteiger partial charge in [0.1, 0.15) is 5.60 Å². The molecule has 1 saturated carbocycles. The molecule has 0 aromatic carbocycles. The minimum atomic E-state index is -1.61.